The van der Waals surface area contributed by atoms with Crippen molar-refractivity contribution in [1.29, 1.82) is 0 Å². The molecule has 3 N–H and O–H groups in total. The molecule has 166 valence electrons. The molecule has 0 aliphatic heterocycles. The molecule has 0 saturated heterocycles. The molecule has 0 fully saturated rings. The molecule has 4 rings (SSSR count). The number of phenols is 1. The molecule has 0 saturated carbocycles. The van der Waals surface area contributed by atoms with Crippen LogP contribution in [0.1, 0.15) is 27.5 Å². The molecule has 1 amide bonds. The number of halogens is 1. The first-order chi connectivity index (χ1) is 16.0. The molecule has 0 aliphatic carbocycles. The van der Waals surface area contributed by atoms with E-state index in [1.165, 1.54) is 18.3 Å². The van der Waals surface area contributed by atoms with Gasteiger partial charge in [-0.1, -0.05) is 48.0 Å². The number of carbonyl (C=O) groups is 2. The van der Waals surface area contributed by atoms with Crippen LogP contribution in [0, 0.1) is 0 Å². The number of ether oxygens (including phenoxy) is 1. The van der Waals surface area contributed by atoms with Gasteiger partial charge in [0.15, 0.2) is 6.61 Å². The smallest absolute Gasteiger partial charge is 0.336 e. The molecule has 0 spiro atoms. The molecular formula is C25H19ClN2O5. The lowest BCUT2D eigenvalue weighted by Crippen LogP contribution is -2.34. The zero-order chi connectivity index (χ0) is 23.4. The molecule has 8 heteroatoms. The third-order valence-corrected chi connectivity index (χ3v) is 5.39. The van der Waals surface area contributed by atoms with Crippen LogP contribution in [-0.2, 0) is 4.79 Å². The number of pyridine rings is 1. The van der Waals surface area contributed by atoms with Crippen LogP contribution in [0.25, 0.3) is 10.9 Å². The van der Waals surface area contributed by atoms with Gasteiger partial charge in [0.25, 0.3) is 5.91 Å². The summed E-state index contributed by atoms with van der Waals surface area (Å²) in [6, 6.07) is 18.9. The van der Waals surface area contributed by atoms with Crippen LogP contribution in [0.15, 0.2) is 79.0 Å². The van der Waals surface area contributed by atoms with Gasteiger partial charge in [0.05, 0.1) is 16.6 Å². The third-order valence-electron chi connectivity index (χ3n) is 5.08. The van der Waals surface area contributed by atoms with Gasteiger partial charge in [-0.3, -0.25) is 9.78 Å². The number of aromatic carboxylic acids is 1. The number of phenolic OH excluding ortho intramolecular Hbond substituents is 1. The Bertz CT molecular complexity index is 1330. The van der Waals surface area contributed by atoms with Crippen LogP contribution in [-0.4, -0.2) is 33.7 Å². The Morgan fingerprint density at radius 2 is 1.73 bits per heavy atom. The van der Waals surface area contributed by atoms with Crippen molar-refractivity contribution in [1.82, 2.24) is 10.3 Å². The normalized spacial score (nSPS) is 11.7. The summed E-state index contributed by atoms with van der Waals surface area (Å²) >= 11 is 6.44. The van der Waals surface area contributed by atoms with Gasteiger partial charge in [-0.05, 0) is 42.0 Å². The Morgan fingerprint density at radius 3 is 2.48 bits per heavy atom. The third kappa shape index (κ3) is 4.73. The van der Waals surface area contributed by atoms with Crippen molar-refractivity contribution in [3.8, 4) is 11.5 Å². The minimum atomic E-state index is -1.17. The van der Waals surface area contributed by atoms with Crippen molar-refractivity contribution < 1.29 is 24.5 Å². The zero-order valence-corrected chi connectivity index (χ0v) is 18.0. The molecular weight excluding hydrogens is 444 g/mol. The van der Waals surface area contributed by atoms with Crippen molar-refractivity contribution in [3.63, 3.8) is 0 Å². The number of carbonyl (C=O) groups excluding carboxylic acids is 1. The second-order valence-electron chi connectivity index (χ2n) is 7.19. The average molecular weight is 463 g/mol. The number of hydrogen-bond acceptors (Lipinski definition) is 5. The van der Waals surface area contributed by atoms with Gasteiger partial charge in [0.1, 0.15) is 17.0 Å². The van der Waals surface area contributed by atoms with Crippen LogP contribution in [0.2, 0.25) is 5.02 Å². The van der Waals surface area contributed by atoms with Crippen LogP contribution in [0.5, 0.6) is 11.5 Å². The van der Waals surface area contributed by atoms with E-state index in [1.54, 1.807) is 54.6 Å². The summed E-state index contributed by atoms with van der Waals surface area (Å²) in [5.74, 6) is -1.38. The first-order valence-electron chi connectivity index (χ1n) is 10.0. The zero-order valence-electron chi connectivity index (χ0n) is 17.2. The Labute approximate surface area is 194 Å². The van der Waals surface area contributed by atoms with E-state index in [2.05, 4.69) is 10.3 Å². The highest BCUT2D eigenvalue weighted by atomic mass is 35.5. The molecule has 1 unspecified atom stereocenters. The van der Waals surface area contributed by atoms with Crippen molar-refractivity contribution in [2.24, 2.45) is 0 Å². The van der Waals surface area contributed by atoms with Crippen molar-refractivity contribution in [2.45, 2.75) is 6.04 Å². The number of nitrogens with one attached hydrogen (secondary N) is 1. The number of rotatable bonds is 7. The largest absolute Gasteiger partial charge is 0.505 e. The molecule has 3 aromatic carbocycles. The summed E-state index contributed by atoms with van der Waals surface area (Å²) in [5, 5.41) is 24.3. The number of amides is 1. The van der Waals surface area contributed by atoms with E-state index in [9.17, 15) is 19.8 Å². The Hall–Kier alpha value is -4.10. The van der Waals surface area contributed by atoms with E-state index in [-0.39, 0.29) is 34.6 Å². The monoisotopic (exact) mass is 462 g/mol. The number of aromatic hydroxyl groups is 1. The highest BCUT2D eigenvalue weighted by molar-refractivity contribution is 6.35. The number of benzene rings is 3. The topological polar surface area (TPSA) is 109 Å². The Balaban J connectivity index is 1.76. The molecule has 33 heavy (non-hydrogen) atoms. The molecule has 1 heterocycles. The number of carboxylic acids is 1. The maximum atomic E-state index is 12.8. The highest BCUT2D eigenvalue weighted by Gasteiger charge is 2.27. The van der Waals surface area contributed by atoms with E-state index in [4.69, 9.17) is 16.3 Å². The first kappa shape index (κ1) is 22.1. The summed E-state index contributed by atoms with van der Waals surface area (Å²) in [5.41, 5.74) is 0.712. The number of para-hydroxylation sites is 1. The van der Waals surface area contributed by atoms with Crippen molar-refractivity contribution in [3.05, 3.63) is 101 Å². The Morgan fingerprint density at radius 1 is 1.00 bits per heavy atom. The molecule has 0 aliphatic rings. The quantitative estimate of drug-likeness (QED) is 0.371. The average Bonchev–Trinajstić information content (AvgIpc) is 2.84. The van der Waals surface area contributed by atoms with E-state index in [1.807, 2.05) is 6.07 Å². The predicted octanol–water partition coefficient (Wildman–Crippen LogP) is 4.58. The minimum absolute atomic E-state index is 0.0246. The standard InChI is InChI=1S/C25H19ClN2O5/c26-20-13-19(24(30)23-18(20)11-6-12-27-23)22(16-9-4-5-10-17(16)25(31)32)28-21(29)14-33-15-7-2-1-3-8-15/h1-13,22,30H,14H2,(H,28,29)(H,31,32). The fourth-order valence-corrected chi connectivity index (χ4v) is 3.83. The highest BCUT2D eigenvalue weighted by Crippen LogP contribution is 2.39. The number of carboxylic acid groups (broad SMARTS) is 1. The number of aromatic nitrogens is 1. The van der Waals surface area contributed by atoms with E-state index >= 15 is 0 Å². The maximum absolute atomic E-state index is 12.8. The van der Waals surface area contributed by atoms with Crippen molar-refractivity contribution in [2.75, 3.05) is 6.61 Å². The number of hydrogen-bond donors (Lipinski definition) is 3. The minimum Gasteiger partial charge on any atom is -0.505 e. The van der Waals surface area contributed by atoms with Crippen LogP contribution in [0.3, 0.4) is 0 Å². The fraction of sp³-hybridized carbons (Fsp3) is 0.0800. The number of fused-ring (bicyclic) bond motifs is 1. The summed E-state index contributed by atoms with van der Waals surface area (Å²) < 4.78 is 5.51. The lowest BCUT2D eigenvalue weighted by atomic mass is 9.92. The van der Waals surface area contributed by atoms with Gasteiger partial charge in [0, 0.05) is 17.1 Å². The van der Waals surface area contributed by atoms with Gasteiger partial charge in [-0.15, -0.1) is 0 Å². The molecule has 0 bridgehead atoms. The summed E-state index contributed by atoms with van der Waals surface area (Å²) in [6.07, 6.45) is 1.51. The van der Waals surface area contributed by atoms with Crippen LogP contribution >= 0.6 is 11.6 Å². The molecule has 7 nitrogen and oxygen atoms in total. The lowest BCUT2D eigenvalue weighted by molar-refractivity contribution is -0.123. The van der Waals surface area contributed by atoms with Gasteiger partial charge < -0.3 is 20.3 Å². The van der Waals surface area contributed by atoms with E-state index in [0.717, 1.165) is 0 Å². The SMILES string of the molecule is O=C(COc1ccccc1)NC(c1ccccc1C(=O)O)c1cc(Cl)c2cccnc2c1O. The maximum Gasteiger partial charge on any atom is 0.336 e. The molecule has 4 aromatic rings. The van der Waals surface area contributed by atoms with Gasteiger partial charge in [-0.25, -0.2) is 4.79 Å². The molecule has 1 aromatic heterocycles. The number of nitrogens with zero attached hydrogens (tertiary/aromatic N) is 1. The Kier molecular flexibility index (Phi) is 6.42. The predicted molar refractivity (Wildman–Crippen MR) is 124 cm³/mol. The van der Waals surface area contributed by atoms with Gasteiger partial charge in [0.2, 0.25) is 0 Å². The van der Waals surface area contributed by atoms with Crippen LogP contribution < -0.4 is 10.1 Å². The molecule has 1 atom stereocenters. The lowest BCUT2D eigenvalue weighted by Gasteiger charge is -2.23. The molecule has 0 radical (unpaired) electrons. The summed E-state index contributed by atoms with van der Waals surface area (Å²) in [6.45, 7) is -0.309. The first-order valence-corrected chi connectivity index (χ1v) is 10.4. The summed E-state index contributed by atoms with van der Waals surface area (Å²) in [7, 11) is 0. The second-order valence-corrected chi connectivity index (χ2v) is 7.60. The van der Waals surface area contributed by atoms with E-state index < -0.39 is 17.9 Å². The van der Waals surface area contributed by atoms with Gasteiger partial charge in [-0.2, -0.15) is 0 Å². The second kappa shape index (κ2) is 9.58. The van der Waals surface area contributed by atoms with Crippen LogP contribution in [0.4, 0.5) is 0 Å². The van der Waals surface area contributed by atoms with Crippen molar-refractivity contribution >= 4 is 34.4 Å². The summed E-state index contributed by atoms with van der Waals surface area (Å²) in [4.78, 5) is 28.9. The van der Waals surface area contributed by atoms with Gasteiger partial charge >= 0.3 is 5.97 Å². The fourth-order valence-electron chi connectivity index (χ4n) is 3.56. The van der Waals surface area contributed by atoms with E-state index in [0.29, 0.717) is 16.2 Å².